The highest BCUT2D eigenvalue weighted by atomic mass is 32.1. The molecule has 19 heavy (non-hydrogen) atoms. The van der Waals surface area contributed by atoms with Gasteiger partial charge >= 0.3 is 5.97 Å². The van der Waals surface area contributed by atoms with Gasteiger partial charge in [-0.3, -0.25) is 4.79 Å². The molecule has 1 heterocycles. The van der Waals surface area contributed by atoms with E-state index in [4.69, 9.17) is 5.11 Å². The van der Waals surface area contributed by atoms with Crippen molar-refractivity contribution < 1.29 is 14.7 Å². The van der Waals surface area contributed by atoms with Gasteiger partial charge in [-0.2, -0.15) is 0 Å². The minimum Gasteiger partial charge on any atom is -0.478 e. The van der Waals surface area contributed by atoms with Crippen LogP contribution in [-0.4, -0.2) is 17.0 Å². The van der Waals surface area contributed by atoms with E-state index in [1.807, 2.05) is 11.4 Å². The minimum absolute atomic E-state index is 0.112. The van der Waals surface area contributed by atoms with Gasteiger partial charge in [0.25, 0.3) is 0 Å². The van der Waals surface area contributed by atoms with E-state index >= 15 is 0 Å². The number of hydrogen-bond acceptors (Lipinski definition) is 3. The zero-order chi connectivity index (χ0) is 13.7. The Morgan fingerprint density at radius 3 is 2.89 bits per heavy atom. The summed E-state index contributed by atoms with van der Waals surface area (Å²) in [7, 11) is 0. The number of carbonyl (C=O) groups excluding carboxylic acids is 1. The number of nitrogens with one attached hydrogen (secondary N) is 1. The highest BCUT2D eigenvalue weighted by Crippen LogP contribution is 2.29. The van der Waals surface area contributed by atoms with Gasteiger partial charge in [0.2, 0.25) is 5.91 Å². The van der Waals surface area contributed by atoms with Gasteiger partial charge in [0.15, 0.2) is 0 Å². The lowest BCUT2D eigenvalue weighted by Crippen LogP contribution is -2.27. The van der Waals surface area contributed by atoms with Gasteiger partial charge in [0.05, 0.1) is 6.54 Å². The summed E-state index contributed by atoms with van der Waals surface area (Å²) in [5.74, 6) is -0.264. The van der Waals surface area contributed by atoms with Crippen LogP contribution in [0.3, 0.4) is 0 Å². The van der Waals surface area contributed by atoms with Gasteiger partial charge in [-0.1, -0.05) is 6.42 Å². The van der Waals surface area contributed by atoms with Gasteiger partial charge in [-0.25, -0.2) is 4.79 Å². The lowest BCUT2D eigenvalue weighted by molar-refractivity contribution is -0.131. The number of thiophene rings is 1. The summed E-state index contributed by atoms with van der Waals surface area (Å²) >= 11 is 1.52. The second kappa shape index (κ2) is 6.52. The van der Waals surface area contributed by atoms with Crippen LogP contribution in [0.4, 0.5) is 0 Å². The summed E-state index contributed by atoms with van der Waals surface area (Å²) in [5.41, 5.74) is 0.857. The van der Waals surface area contributed by atoms with E-state index in [0.29, 0.717) is 18.9 Å². The molecule has 2 N–H and O–H groups in total. The van der Waals surface area contributed by atoms with Crippen molar-refractivity contribution in [3.63, 3.8) is 0 Å². The lowest BCUT2D eigenvalue weighted by atomic mass is 9.83. The molecule has 0 spiro atoms. The maximum Gasteiger partial charge on any atom is 0.328 e. The molecule has 1 aromatic heterocycles. The number of rotatable bonds is 6. The number of carbonyl (C=O) groups is 2. The van der Waals surface area contributed by atoms with Crippen molar-refractivity contribution in [1.29, 1.82) is 0 Å². The number of aliphatic carboxylic acids is 1. The summed E-state index contributed by atoms with van der Waals surface area (Å²) in [4.78, 5) is 23.1. The monoisotopic (exact) mass is 279 g/mol. The third kappa shape index (κ3) is 4.52. The molecular weight excluding hydrogens is 262 g/mol. The number of carboxylic acids is 1. The molecule has 1 amide bonds. The normalized spacial score (nSPS) is 15.4. The molecule has 4 nitrogen and oxygen atoms in total. The Balaban J connectivity index is 1.76. The molecule has 102 valence electrons. The van der Waals surface area contributed by atoms with E-state index in [1.165, 1.54) is 30.6 Å². The fourth-order valence-electron chi connectivity index (χ4n) is 1.96. The molecule has 0 aromatic carbocycles. The van der Waals surface area contributed by atoms with Crippen LogP contribution in [0.1, 0.15) is 36.1 Å². The quantitative estimate of drug-likeness (QED) is 0.787. The molecule has 0 unspecified atom stereocenters. The highest BCUT2D eigenvalue weighted by Gasteiger charge is 2.20. The molecule has 0 bridgehead atoms. The molecule has 1 aromatic rings. The zero-order valence-corrected chi connectivity index (χ0v) is 11.4. The molecule has 0 aliphatic heterocycles. The molecule has 0 atom stereocenters. The largest absolute Gasteiger partial charge is 0.478 e. The van der Waals surface area contributed by atoms with Gasteiger partial charge in [-0.15, -0.1) is 11.3 Å². The van der Waals surface area contributed by atoms with E-state index in [1.54, 1.807) is 6.08 Å². The Labute approximate surface area is 116 Å². The molecule has 5 heteroatoms. The van der Waals surface area contributed by atoms with Crippen LogP contribution in [0.25, 0.3) is 6.08 Å². The first-order valence-electron chi connectivity index (χ1n) is 6.38. The zero-order valence-electron chi connectivity index (χ0n) is 10.6. The smallest absolute Gasteiger partial charge is 0.328 e. The fourth-order valence-corrected chi connectivity index (χ4v) is 2.76. The number of hydrogen-bond donors (Lipinski definition) is 2. The van der Waals surface area contributed by atoms with E-state index in [-0.39, 0.29) is 5.91 Å². The van der Waals surface area contributed by atoms with Crippen LogP contribution in [0.15, 0.2) is 17.5 Å². The Bertz CT molecular complexity index is 489. The van der Waals surface area contributed by atoms with Crippen LogP contribution < -0.4 is 5.32 Å². The maximum atomic E-state index is 11.6. The van der Waals surface area contributed by atoms with E-state index in [9.17, 15) is 9.59 Å². The third-order valence-electron chi connectivity index (χ3n) is 3.25. The Hall–Kier alpha value is -1.62. The first-order valence-corrected chi connectivity index (χ1v) is 7.26. The third-order valence-corrected chi connectivity index (χ3v) is 4.21. The van der Waals surface area contributed by atoms with Crippen molar-refractivity contribution >= 4 is 29.3 Å². The average Bonchev–Trinajstić information content (AvgIpc) is 2.77. The minimum atomic E-state index is -0.957. The molecule has 2 rings (SSSR count). The van der Waals surface area contributed by atoms with E-state index < -0.39 is 5.97 Å². The second-order valence-corrected chi connectivity index (χ2v) is 5.79. The van der Waals surface area contributed by atoms with Crippen molar-refractivity contribution in [2.24, 2.45) is 5.92 Å². The van der Waals surface area contributed by atoms with Crippen LogP contribution in [0.5, 0.6) is 0 Å². The summed E-state index contributed by atoms with van der Waals surface area (Å²) < 4.78 is 0. The molecule has 1 aliphatic carbocycles. The van der Waals surface area contributed by atoms with Crippen LogP contribution >= 0.6 is 11.3 Å². The lowest BCUT2D eigenvalue weighted by Gasteiger charge is -2.24. The van der Waals surface area contributed by atoms with Crippen molar-refractivity contribution in [2.45, 2.75) is 32.2 Å². The highest BCUT2D eigenvalue weighted by molar-refractivity contribution is 7.10. The Morgan fingerprint density at radius 1 is 1.47 bits per heavy atom. The van der Waals surface area contributed by atoms with Crippen molar-refractivity contribution in [2.75, 3.05) is 0 Å². The van der Waals surface area contributed by atoms with Gasteiger partial charge < -0.3 is 10.4 Å². The Kier molecular flexibility index (Phi) is 4.74. The topological polar surface area (TPSA) is 66.4 Å². The predicted molar refractivity (Wildman–Crippen MR) is 74.8 cm³/mol. The van der Waals surface area contributed by atoms with Crippen LogP contribution in [0.2, 0.25) is 0 Å². The molecule has 1 aliphatic rings. The van der Waals surface area contributed by atoms with Gasteiger partial charge in [-0.05, 0) is 41.8 Å². The second-order valence-electron chi connectivity index (χ2n) is 4.80. The molecule has 1 saturated carbocycles. The maximum absolute atomic E-state index is 11.6. The summed E-state index contributed by atoms with van der Waals surface area (Å²) in [6.07, 6.45) is 6.91. The Morgan fingerprint density at radius 2 is 2.26 bits per heavy atom. The SMILES string of the molecule is O=C(O)/C=C/c1csc(CNC(=O)CC2CCC2)c1. The number of amides is 1. The van der Waals surface area contributed by atoms with Crippen molar-refractivity contribution in [1.82, 2.24) is 5.32 Å². The fraction of sp³-hybridized carbons (Fsp3) is 0.429. The van der Waals surface area contributed by atoms with Crippen LogP contribution in [-0.2, 0) is 16.1 Å². The molecule has 1 fully saturated rings. The summed E-state index contributed by atoms with van der Waals surface area (Å²) in [6, 6.07) is 1.90. The molecule has 0 saturated heterocycles. The summed E-state index contributed by atoms with van der Waals surface area (Å²) in [6.45, 7) is 0.525. The van der Waals surface area contributed by atoms with E-state index in [2.05, 4.69) is 5.32 Å². The van der Waals surface area contributed by atoms with E-state index in [0.717, 1.165) is 16.5 Å². The number of carboxylic acid groups (broad SMARTS) is 1. The molecule has 0 radical (unpaired) electrons. The van der Waals surface area contributed by atoms with Gasteiger partial charge in [0, 0.05) is 17.4 Å². The van der Waals surface area contributed by atoms with Crippen molar-refractivity contribution in [3.8, 4) is 0 Å². The van der Waals surface area contributed by atoms with Gasteiger partial charge in [0.1, 0.15) is 0 Å². The standard InChI is InChI=1S/C14H17NO3S/c16-13(7-10-2-1-3-10)15-8-12-6-11(9-19-12)4-5-14(17)18/h4-6,9-10H,1-3,7-8H2,(H,15,16)(H,17,18)/b5-4+. The van der Waals surface area contributed by atoms with Crippen LogP contribution in [0, 0.1) is 5.92 Å². The first-order chi connectivity index (χ1) is 9.13. The first kappa shape index (κ1) is 13.8. The molecular formula is C14H17NO3S. The average molecular weight is 279 g/mol. The summed E-state index contributed by atoms with van der Waals surface area (Å²) in [5, 5.41) is 13.3. The predicted octanol–water partition coefficient (Wildman–Crippen LogP) is 2.65. The van der Waals surface area contributed by atoms with Crippen molar-refractivity contribution in [3.05, 3.63) is 28.0 Å².